The predicted octanol–water partition coefficient (Wildman–Crippen LogP) is 22.8. The van der Waals surface area contributed by atoms with Crippen molar-refractivity contribution < 1.29 is 28.6 Å². The fraction of sp³-hybridized carbons (Fsp3) is 0.685. The predicted molar refractivity (Wildman–Crippen MR) is 343 cm³/mol. The van der Waals surface area contributed by atoms with Crippen LogP contribution >= 0.6 is 0 Å². The molecule has 0 aliphatic carbocycles. The summed E-state index contributed by atoms with van der Waals surface area (Å²) in [7, 11) is 0. The molecule has 0 spiro atoms. The van der Waals surface area contributed by atoms with Crippen molar-refractivity contribution >= 4 is 17.9 Å². The van der Waals surface area contributed by atoms with Crippen LogP contribution in [0.2, 0.25) is 0 Å². The first-order valence-electron chi connectivity index (χ1n) is 33.0. The molecule has 1 unspecified atom stereocenters. The molecule has 0 heterocycles. The van der Waals surface area contributed by atoms with E-state index in [2.05, 4.69) is 142 Å². The van der Waals surface area contributed by atoms with E-state index < -0.39 is 6.10 Å². The van der Waals surface area contributed by atoms with Gasteiger partial charge in [0.05, 0.1) is 0 Å². The number of hydrogen-bond donors (Lipinski definition) is 0. The average molecular weight is 1100 g/mol. The maximum atomic E-state index is 12.9. The van der Waals surface area contributed by atoms with Crippen LogP contribution in [0.5, 0.6) is 0 Å². The third-order valence-corrected chi connectivity index (χ3v) is 14.0. The standard InChI is InChI=1S/C73H122O6/c1-4-7-10-13-16-19-22-24-26-28-30-31-32-33-34-35-36-37-38-39-40-41-43-44-46-48-51-54-57-60-63-66-72(75)78-69-70(68-77-71(74)65-62-59-56-53-50-21-18-15-12-9-6-3)79-73(76)67-64-61-58-55-52-49-47-45-42-29-27-25-23-20-17-14-11-8-5-2/h7,10,16-17,19-20,24-27,30-31,33-34,36-37,39-40,43-44,70H,4-6,8-9,11-15,18,21-23,28-29,32,35,38,41-42,45-69H2,1-3H3/b10-7-,19-16-,20-17-,26-24-,27-25-,31-30-,34-33-,37-36-,40-39-,44-43-. The van der Waals surface area contributed by atoms with Crippen molar-refractivity contribution in [2.24, 2.45) is 0 Å². The van der Waals surface area contributed by atoms with E-state index in [-0.39, 0.29) is 31.1 Å². The first-order chi connectivity index (χ1) is 39.0. The van der Waals surface area contributed by atoms with Gasteiger partial charge in [-0.1, -0.05) is 290 Å². The minimum atomic E-state index is -0.788. The molecule has 0 amide bonds. The zero-order valence-corrected chi connectivity index (χ0v) is 51.6. The topological polar surface area (TPSA) is 78.9 Å². The van der Waals surface area contributed by atoms with Crippen molar-refractivity contribution in [3.05, 3.63) is 122 Å². The van der Waals surface area contributed by atoms with Gasteiger partial charge >= 0.3 is 17.9 Å². The minimum Gasteiger partial charge on any atom is -0.462 e. The van der Waals surface area contributed by atoms with Crippen molar-refractivity contribution in [1.82, 2.24) is 0 Å². The van der Waals surface area contributed by atoms with E-state index in [0.29, 0.717) is 19.3 Å². The van der Waals surface area contributed by atoms with Crippen molar-refractivity contribution in [2.45, 2.75) is 309 Å². The largest absolute Gasteiger partial charge is 0.462 e. The average Bonchev–Trinajstić information content (AvgIpc) is 3.45. The summed E-state index contributed by atoms with van der Waals surface area (Å²) in [5, 5.41) is 0. The highest BCUT2D eigenvalue weighted by Gasteiger charge is 2.19. The highest BCUT2D eigenvalue weighted by Crippen LogP contribution is 2.16. The molecule has 0 aromatic carbocycles. The van der Waals surface area contributed by atoms with Crippen LogP contribution in [0.1, 0.15) is 303 Å². The Kier molecular flexibility index (Phi) is 62.8. The molecular formula is C73H122O6. The summed E-state index contributed by atoms with van der Waals surface area (Å²) in [6.07, 6.45) is 92.0. The molecule has 0 bridgehead atoms. The summed E-state index contributed by atoms with van der Waals surface area (Å²) in [6, 6.07) is 0. The fourth-order valence-corrected chi connectivity index (χ4v) is 9.02. The molecular weight excluding hydrogens is 973 g/mol. The van der Waals surface area contributed by atoms with Gasteiger partial charge in [0.25, 0.3) is 0 Å². The van der Waals surface area contributed by atoms with Crippen LogP contribution in [0, 0.1) is 0 Å². The van der Waals surface area contributed by atoms with Gasteiger partial charge in [-0.05, 0) is 116 Å². The molecule has 79 heavy (non-hydrogen) atoms. The maximum Gasteiger partial charge on any atom is 0.306 e. The summed E-state index contributed by atoms with van der Waals surface area (Å²) in [5.41, 5.74) is 0. The number of carbonyl (C=O) groups is 3. The molecule has 450 valence electrons. The van der Waals surface area contributed by atoms with Crippen LogP contribution in [0.3, 0.4) is 0 Å². The fourth-order valence-electron chi connectivity index (χ4n) is 9.02. The number of carbonyl (C=O) groups excluding carboxylic acids is 3. The quantitative estimate of drug-likeness (QED) is 0.0261. The lowest BCUT2D eigenvalue weighted by Crippen LogP contribution is -2.30. The molecule has 0 saturated carbocycles. The van der Waals surface area contributed by atoms with Gasteiger partial charge in [-0.2, -0.15) is 0 Å². The van der Waals surface area contributed by atoms with Crippen molar-refractivity contribution in [2.75, 3.05) is 13.2 Å². The molecule has 0 aliphatic rings. The Balaban J connectivity index is 4.30. The van der Waals surface area contributed by atoms with Crippen LogP contribution in [0.4, 0.5) is 0 Å². The Morgan fingerprint density at radius 2 is 0.494 bits per heavy atom. The van der Waals surface area contributed by atoms with Crippen molar-refractivity contribution in [3.63, 3.8) is 0 Å². The molecule has 0 fully saturated rings. The lowest BCUT2D eigenvalue weighted by Gasteiger charge is -2.18. The molecule has 6 heteroatoms. The second-order valence-corrected chi connectivity index (χ2v) is 21.6. The van der Waals surface area contributed by atoms with Gasteiger partial charge in [-0.15, -0.1) is 0 Å². The number of unbranched alkanes of at least 4 members (excludes halogenated alkanes) is 28. The summed E-state index contributed by atoms with van der Waals surface area (Å²) < 4.78 is 16.9. The molecule has 0 aliphatic heterocycles. The molecule has 0 aromatic heterocycles. The summed E-state index contributed by atoms with van der Waals surface area (Å²) in [4.78, 5) is 38.3. The second-order valence-electron chi connectivity index (χ2n) is 21.6. The molecule has 0 N–H and O–H groups in total. The Hall–Kier alpha value is -4.19. The van der Waals surface area contributed by atoms with E-state index in [1.165, 1.54) is 135 Å². The van der Waals surface area contributed by atoms with E-state index >= 15 is 0 Å². The Morgan fingerprint density at radius 3 is 0.797 bits per heavy atom. The van der Waals surface area contributed by atoms with Crippen LogP contribution in [-0.4, -0.2) is 37.2 Å². The van der Waals surface area contributed by atoms with Gasteiger partial charge in [0, 0.05) is 19.3 Å². The summed E-state index contributed by atoms with van der Waals surface area (Å²) in [6.45, 7) is 6.50. The Bertz CT molecular complexity index is 1640. The maximum absolute atomic E-state index is 12.9. The molecule has 6 nitrogen and oxygen atoms in total. The number of ether oxygens (including phenoxy) is 3. The SMILES string of the molecule is CC/C=C\C/C=C\C/C=C\C/C=C\C/C=C\C/C=C\C/C=C\C/C=C\CCCCCCCCC(=O)OCC(COC(=O)CCCCCCCCCCCCC)OC(=O)CCCCCCCCCCC/C=C\C/C=C\CCCCC. The third-order valence-electron chi connectivity index (χ3n) is 14.0. The van der Waals surface area contributed by atoms with Gasteiger partial charge in [0.15, 0.2) is 6.10 Å². The van der Waals surface area contributed by atoms with Gasteiger partial charge in [0.2, 0.25) is 0 Å². The first-order valence-corrected chi connectivity index (χ1v) is 33.0. The second kappa shape index (κ2) is 66.3. The lowest BCUT2D eigenvalue weighted by atomic mass is 10.1. The van der Waals surface area contributed by atoms with Gasteiger partial charge in [-0.25, -0.2) is 0 Å². The number of rotatable bonds is 59. The highest BCUT2D eigenvalue weighted by atomic mass is 16.6. The van der Waals surface area contributed by atoms with Crippen LogP contribution in [0.15, 0.2) is 122 Å². The van der Waals surface area contributed by atoms with Crippen molar-refractivity contribution in [3.8, 4) is 0 Å². The molecule has 0 radical (unpaired) electrons. The normalized spacial score (nSPS) is 12.9. The van der Waals surface area contributed by atoms with Crippen LogP contribution in [-0.2, 0) is 28.6 Å². The molecule has 0 aromatic rings. The highest BCUT2D eigenvalue weighted by molar-refractivity contribution is 5.71. The van der Waals surface area contributed by atoms with E-state index in [9.17, 15) is 14.4 Å². The minimum absolute atomic E-state index is 0.0837. The zero-order valence-electron chi connectivity index (χ0n) is 51.6. The van der Waals surface area contributed by atoms with E-state index in [0.717, 1.165) is 128 Å². The van der Waals surface area contributed by atoms with E-state index in [1.54, 1.807) is 0 Å². The molecule has 1 atom stereocenters. The van der Waals surface area contributed by atoms with Gasteiger partial charge < -0.3 is 14.2 Å². The summed E-state index contributed by atoms with van der Waals surface area (Å²) >= 11 is 0. The van der Waals surface area contributed by atoms with E-state index in [4.69, 9.17) is 14.2 Å². The Morgan fingerprint density at radius 1 is 0.266 bits per heavy atom. The number of allylic oxidation sites excluding steroid dienone is 20. The monoisotopic (exact) mass is 1090 g/mol. The van der Waals surface area contributed by atoms with Gasteiger partial charge in [-0.3, -0.25) is 14.4 Å². The summed E-state index contributed by atoms with van der Waals surface area (Å²) in [5.74, 6) is -0.897. The first kappa shape index (κ1) is 74.8. The molecule has 0 rings (SSSR count). The van der Waals surface area contributed by atoms with Crippen LogP contribution < -0.4 is 0 Å². The third kappa shape index (κ3) is 64.5. The van der Waals surface area contributed by atoms with Gasteiger partial charge in [0.1, 0.15) is 13.2 Å². The zero-order chi connectivity index (χ0) is 57.1. The van der Waals surface area contributed by atoms with Crippen LogP contribution in [0.25, 0.3) is 0 Å². The Labute approximate surface area is 488 Å². The molecule has 0 saturated heterocycles. The number of esters is 3. The van der Waals surface area contributed by atoms with Crippen molar-refractivity contribution in [1.29, 1.82) is 0 Å². The number of hydrogen-bond acceptors (Lipinski definition) is 6. The lowest BCUT2D eigenvalue weighted by molar-refractivity contribution is -0.167. The van der Waals surface area contributed by atoms with E-state index in [1.807, 2.05) is 0 Å². The smallest absolute Gasteiger partial charge is 0.306 e.